The summed E-state index contributed by atoms with van der Waals surface area (Å²) < 4.78 is 20.5. The van der Waals surface area contributed by atoms with Crippen LogP contribution in [0.4, 0.5) is 5.69 Å². The van der Waals surface area contributed by atoms with Gasteiger partial charge in [0.25, 0.3) is 5.91 Å². The Kier molecular flexibility index (Phi) is 6.54. The van der Waals surface area contributed by atoms with E-state index in [0.717, 1.165) is 0 Å². The number of rotatable bonds is 5. The molecule has 0 bridgehead atoms. The zero-order valence-electron chi connectivity index (χ0n) is 15.8. The number of nitrogens with zero attached hydrogens (tertiary/aromatic N) is 1. The molecule has 2 aromatic carbocycles. The molecule has 0 unspecified atom stereocenters. The third-order valence-electron chi connectivity index (χ3n) is 3.94. The number of ether oxygens (including phenoxy) is 4. The quantitative estimate of drug-likeness (QED) is 0.641. The van der Waals surface area contributed by atoms with Crippen molar-refractivity contribution in [3.63, 3.8) is 0 Å². The minimum Gasteiger partial charge on any atom is -0.504 e. The molecule has 144 valence electrons. The lowest BCUT2D eigenvalue weighted by Crippen LogP contribution is -2.45. The highest BCUT2D eigenvalue weighted by molar-refractivity contribution is 6.13. The van der Waals surface area contributed by atoms with Gasteiger partial charge in [0.15, 0.2) is 23.0 Å². The van der Waals surface area contributed by atoms with E-state index in [1.165, 1.54) is 28.4 Å². The van der Waals surface area contributed by atoms with Crippen LogP contribution in [0.5, 0.6) is 28.7 Å². The first-order valence-electron chi connectivity index (χ1n) is 8.08. The van der Waals surface area contributed by atoms with E-state index < -0.39 is 0 Å². The fourth-order valence-corrected chi connectivity index (χ4v) is 2.49. The van der Waals surface area contributed by atoms with Gasteiger partial charge in [-0.05, 0) is 12.1 Å². The number of benzene rings is 2. The number of para-hydroxylation sites is 2. The molecule has 7 heteroatoms. The Morgan fingerprint density at radius 2 is 1.48 bits per heavy atom. The highest BCUT2D eigenvalue weighted by Crippen LogP contribution is 2.42. The van der Waals surface area contributed by atoms with Crippen molar-refractivity contribution in [1.29, 1.82) is 0 Å². The molecule has 1 aliphatic rings. The van der Waals surface area contributed by atoms with Gasteiger partial charge >= 0.3 is 0 Å². The Bertz CT molecular complexity index is 808. The zero-order valence-corrected chi connectivity index (χ0v) is 15.8. The van der Waals surface area contributed by atoms with Gasteiger partial charge in [-0.25, -0.2) is 0 Å². The second-order valence-electron chi connectivity index (χ2n) is 5.55. The van der Waals surface area contributed by atoms with Gasteiger partial charge in [0.2, 0.25) is 5.75 Å². The van der Waals surface area contributed by atoms with Gasteiger partial charge in [-0.1, -0.05) is 18.7 Å². The van der Waals surface area contributed by atoms with E-state index in [2.05, 4.69) is 6.58 Å². The molecular weight excluding hydrogens is 350 g/mol. The number of hydrogen-bond donors (Lipinski definition) is 1. The standard InChI is InChI=1S/C13H15NO4.C7H8O2/c1-8-7-14(13(8)15)9-5-10(16-2)12(18-4)11(6-9)17-3;1-9-7-5-3-2-4-6(7)8/h5-6H,1,7H2,2-4H3;2-5,8H,1H3. The third-order valence-corrected chi connectivity index (χ3v) is 3.94. The number of amides is 1. The maximum atomic E-state index is 11.6. The molecule has 1 fully saturated rings. The summed E-state index contributed by atoms with van der Waals surface area (Å²) in [5.41, 5.74) is 1.31. The number of carbonyl (C=O) groups excluding carboxylic acids is 1. The number of methoxy groups -OCH3 is 4. The Morgan fingerprint density at radius 1 is 0.926 bits per heavy atom. The van der Waals surface area contributed by atoms with E-state index in [1.807, 2.05) is 0 Å². The summed E-state index contributed by atoms with van der Waals surface area (Å²) in [6.45, 7) is 4.18. The molecule has 3 rings (SSSR count). The van der Waals surface area contributed by atoms with Crippen molar-refractivity contribution in [3.8, 4) is 28.7 Å². The highest BCUT2D eigenvalue weighted by atomic mass is 16.5. The largest absolute Gasteiger partial charge is 0.504 e. The second kappa shape index (κ2) is 8.84. The molecule has 0 saturated carbocycles. The summed E-state index contributed by atoms with van der Waals surface area (Å²) in [5.74, 6) is 2.17. The first-order chi connectivity index (χ1) is 13.0. The Balaban J connectivity index is 0.000000244. The summed E-state index contributed by atoms with van der Waals surface area (Å²) in [6, 6.07) is 10.3. The first-order valence-corrected chi connectivity index (χ1v) is 8.08. The SMILES string of the molecule is C=C1CN(c2cc(OC)c(OC)c(OC)c2)C1=O.COc1ccccc1O. The van der Waals surface area contributed by atoms with Crippen molar-refractivity contribution in [3.05, 3.63) is 48.6 Å². The van der Waals surface area contributed by atoms with E-state index in [9.17, 15) is 4.79 Å². The number of β-lactam (4-membered cyclic amide) rings is 1. The Hall–Kier alpha value is -3.35. The predicted molar refractivity (Wildman–Crippen MR) is 102 cm³/mol. The number of hydrogen-bond acceptors (Lipinski definition) is 6. The van der Waals surface area contributed by atoms with E-state index in [1.54, 1.807) is 41.3 Å². The number of phenolic OH excluding ortho intramolecular Hbond substituents is 1. The Morgan fingerprint density at radius 3 is 1.85 bits per heavy atom. The molecule has 1 N–H and O–H groups in total. The van der Waals surface area contributed by atoms with Gasteiger partial charge in [0, 0.05) is 17.7 Å². The van der Waals surface area contributed by atoms with Crippen LogP contribution >= 0.6 is 0 Å². The third kappa shape index (κ3) is 4.25. The molecule has 0 radical (unpaired) electrons. The molecule has 1 amide bonds. The normalized spacial score (nSPS) is 12.5. The summed E-state index contributed by atoms with van der Waals surface area (Å²) in [4.78, 5) is 13.2. The summed E-state index contributed by atoms with van der Waals surface area (Å²) in [7, 11) is 6.14. The molecule has 0 atom stereocenters. The average molecular weight is 373 g/mol. The van der Waals surface area contributed by atoms with Crippen LogP contribution in [0.1, 0.15) is 0 Å². The number of phenols is 1. The zero-order chi connectivity index (χ0) is 20.0. The molecule has 1 aliphatic heterocycles. The second-order valence-corrected chi connectivity index (χ2v) is 5.55. The number of anilines is 1. The average Bonchev–Trinajstić information content (AvgIpc) is 2.71. The van der Waals surface area contributed by atoms with Gasteiger partial charge in [-0.2, -0.15) is 0 Å². The summed E-state index contributed by atoms with van der Waals surface area (Å²) >= 11 is 0. The monoisotopic (exact) mass is 373 g/mol. The van der Waals surface area contributed by atoms with E-state index in [-0.39, 0.29) is 11.7 Å². The lowest BCUT2D eigenvalue weighted by atomic mass is 10.1. The van der Waals surface area contributed by atoms with Crippen molar-refractivity contribution in [2.45, 2.75) is 0 Å². The molecule has 2 aromatic rings. The van der Waals surface area contributed by atoms with Crippen LogP contribution in [0.3, 0.4) is 0 Å². The molecule has 0 spiro atoms. The smallest absolute Gasteiger partial charge is 0.255 e. The predicted octanol–water partition coefficient (Wildman–Crippen LogP) is 3.02. The maximum Gasteiger partial charge on any atom is 0.255 e. The van der Waals surface area contributed by atoms with Crippen LogP contribution in [0, 0.1) is 0 Å². The van der Waals surface area contributed by atoms with E-state index in [0.29, 0.717) is 40.8 Å². The van der Waals surface area contributed by atoms with Crippen LogP contribution < -0.4 is 23.8 Å². The van der Waals surface area contributed by atoms with E-state index in [4.69, 9.17) is 24.1 Å². The van der Waals surface area contributed by atoms with Gasteiger partial charge in [-0.15, -0.1) is 0 Å². The number of carbonyl (C=O) groups is 1. The summed E-state index contributed by atoms with van der Waals surface area (Å²) in [5, 5.41) is 8.99. The molecule has 0 aliphatic carbocycles. The number of aromatic hydroxyl groups is 1. The minimum absolute atomic E-state index is 0.0794. The fraction of sp³-hybridized carbons (Fsp3) is 0.250. The van der Waals surface area contributed by atoms with Crippen LogP contribution in [0.25, 0.3) is 0 Å². The van der Waals surface area contributed by atoms with Crippen LogP contribution in [0.15, 0.2) is 48.6 Å². The lowest BCUT2D eigenvalue weighted by molar-refractivity contribution is -0.117. The summed E-state index contributed by atoms with van der Waals surface area (Å²) in [6.07, 6.45) is 0. The molecule has 27 heavy (non-hydrogen) atoms. The Labute approximate surface area is 158 Å². The fourth-order valence-electron chi connectivity index (χ4n) is 2.49. The molecular formula is C20H23NO6. The van der Waals surface area contributed by atoms with Crippen molar-refractivity contribution in [1.82, 2.24) is 0 Å². The lowest BCUT2D eigenvalue weighted by Gasteiger charge is -2.33. The topological polar surface area (TPSA) is 77.5 Å². The van der Waals surface area contributed by atoms with Gasteiger partial charge < -0.3 is 29.0 Å². The first kappa shape index (κ1) is 20.0. The highest BCUT2D eigenvalue weighted by Gasteiger charge is 2.31. The molecule has 0 aromatic heterocycles. The van der Waals surface area contributed by atoms with Crippen LogP contribution in [-0.4, -0.2) is 46.0 Å². The van der Waals surface area contributed by atoms with E-state index >= 15 is 0 Å². The maximum absolute atomic E-state index is 11.6. The molecule has 1 saturated heterocycles. The van der Waals surface area contributed by atoms with Crippen LogP contribution in [-0.2, 0) is 4.79 Å². The van der Waals surface area contributed by atoms with Gasteiger partial charge in [0.05, 0.1) is 40.7 Å². The molecule has 1 heterocycles. The van der Waals surface area contributed by atoms with Crippen molar-refractivity contribution >= 4 is 11.6 Å². The molecule has 7 nitrogen and oxygen atoms in total. The van der Waals surface area contributed by atoms with Gasteiger partial charge in [-0.3, -0.25) is 4.79 Å². The van der Waals surface area contributed by atoms with Gasteiger partial charge in [0.1, 0.15) is 0 Å². The van der Waals surface area contributed by atoms with Crippen molar-refractivity contribution < 1.29 is 28.8 Å². The minimum atomic E-state index is -0.0794. The van der Waals surface area contributed by atoms with Crippen molar-refractivity contribution in [2.75, 3.05) is 39.9 Å². The van der Waals surface area contributed by atoms with Crippen molar-refractivity contribution in [2.24, 2.45) is 0 Å². The van der Waals surface area contributed by atoms with Crippen LogP contribution in [0.2, 0.25) is 0 Å².